The van der Waals surface area contributed by atoms with Crippen molar-refractivity contribution >= 4 is 23.2 Å². The van der Waals surface area contributed by atoms with Crippen LogP contribution in [0.1, 0.15) is 20.2 Å². The summed E-state index contributed by atoms with van der Waals surface area (Å²) in [5, 5.41) is 2.34. The lowest BCUT2D eigenvalue weighted by Crippen LogP contribution is -2.64. The molecule has 2 saturated heterocycles. The van der Waals surface area contributed by atoms with Crippen LogP contribution in [0.15, 0.2) is 60.1 Å². The fourth-order valence-corrected chi connectivity index (χ4v) is 4.90. The number of benzene rings is 2. The van der Waals surface area contributed by atoms with Gasteiger partial charge in [0.1, 0.15) is 5.82 Å². The smallest absolute Gasteiger partial charge is 0.282 e. The predicted molar refractivity (Wildman–Crippen MR) is 121 cm³/mol. The largest absolute Gasteiger partial charge is 0.335 e. The summed E-state index contributed by atoms with van der Waals surface area (Å²) in [6.45, 7) is 4.12. The molecule has 3 aromatic rings. The monoisotopic (exact) mass is 450 g/mol. The summed E-state index contributed by atoms with van der Waals surface area (Å²) < 4.78 is 14.2. The number of amides is 2. The number of rotatable bonds is 4. The lowest BCUT2D eigenvalue weighted by atomic mass is 10.00. The van der Waals surface area contributed by atoms with E-state index in [0.717, 1.165) is 18.7 Å². The zero-order chi connectivity index (χ0) is 22.1. The van der Waals surface area contributed by atoms with E-state index in [-0.39, 0.29) is 17.9 Å². The number of aromatic nitrogens is 1. The van der Waals surface area contributed by atoms with Crippen molar-refractivity contribution in [1.29, 1.82) is 0 Å². The first kappa shape index (κ1) is 20.8. The number of thiazole rings is 1. The molecule has 164 valence electrons. The summed E-state index contributed by atoms with van der Waals surface area (Å²) in [4.78, 5) is 35.4. The first-order valence-corrected chi connectivity index (χ1v) is 11.5. The van der Waals surface area contributed by atoms with E-state index < -0.39 is 5.82 Å². The van der Waals surface area contributed by atoms with E-state index in [4.69, 9.17) is 0 Å². The molecule has 0 spiro atoms. The number of halogens is 1. The minimum atomic E-state index is -0.409. The van der Waals surface area contributed by atoms with Gasteiger partial charge in [-0.05, 0) is 29.3 Å². The Balaban J connectivity index is 1.17. The molecular weight excluding hydrogens is 427 g/mol. The second-order valence-corrected chi connectivity index (χ2v) is 9.02. The highest BCUT2D eigenvalue weighted by molar-refractivity contribution is 7.11. The molecule has 2 aliphatic rings. The molecule has 8 heteroatoms. The minimum Gasteiger partial charge on any atom is -0.335 e. The highest BCUT2D eigenvalue weighted by Gasteiger charge is 2.37. The lowest BCUT2D eigenvalue weighted by Gasteiger charge is -2.48. The van der Waals surface area contributed by atoms with Crippen molar-refractivity contribution in [3.8, 4) is 11.1 Å². The maximum absolute atomic E-state index is 14.2. The molecular formula is C24H23FN4O2S. The Hall–Kier alpha value is -3.10. The number of hydrogen-bond donors (Lipinski definition) is 0. The molecule has 0 saturated carbocycles. The van der Waals surface area contributed by atoms with Gasteiger partial charge in [0.15, 0.2) is 5.01 Å². The maximum atomic E-state index is 14.2. The zero-order valence-electron chi connectivity index (χ0n) is 17.5. The second-order valence-electron chi connectivity index (χ2n) is 8.12. The van der Waals surface area contributed by atoms with Gasteiger partial charge >= 0.3 is 0 Å². The Morgan fingerprint density at radius 3 is 2.34 bits per heavy atom. The SMILES string of the molecule is O=C(c1cc(F)cc(-c2ccccc2)c1)N1CC(N2CCN(C(=O)c3nccs3)CC2)C1. The van der Waals surface area contributed by atoms with Gasteiger partial charge in [-0.1, -0.05) is 30.3 Å². The van der Waals surface area contributed by atoms with Crippen LogP contribution in [0.2, 0.25) is 0 Å². The molecule has 0 aliphatic carbocycles. The van der Waals surface area contributed by atoms with E-state index in [1.807, 2.05) is 40.6 Å². The predicted octanol–water partition coefficient (Wildman–Crippen LogP) is 3.23. The number of carbonyl (C=O) groups excluding carboxylic acids is 2. The van der Waals surface area contributed by atoms with Crippen LogP contribution < -0.4 is 0 Å². The molecule has 6 nitrogen and oxygen atoms in total. The van der Waals surface area contributed by atoms with Gasteiger partial charge in [-0.15, -0.1) is 11.3 Å². The summed E-state index contributed by atoms with van der Waals surface area (Å²) in [6, 6.07) is 14.3. The average molecular weight is 451 g/mol. The molecule has 2 amide bonds. The number of piperazine rings is 1. The van der Waals surface area contributed by atoms with Crippen molar-refractivity contribution in [1.82, 2.24) is 19.7 Å². The minimum absolute atomic E-state index is 0.00890. The van der Waals surface area contributed by atoms with Crippen LogP contribution in [0.3, 0.4) is 0 Å². The lowest BCUT2D eigenvalue weighted by molar-refractivity contribution is 0.00851. The van der Waals surface area contributed by atoms with Crippen molar-refractivity contribution in [2.75, 3.05) is 39.3 Å². The molecule has 0 unspecified atom stereocenters. The summed E-state index contributed by atoms with van der Waals surface area (Å²) in [6.07, 6.45) is 1.65. The summed E-state index contributed by atoms with van der Waals surface area (Å²) >= 11 is 1.36. The molecule has 2 fully saturated rings. The molecule has 0 bridgehead atoms. The van der Waals surface area contributed by atoms with E-state index in [2.05, 4.69) is 9.88 Å². The Morgan fingerprint density at radius 1 is 0.906 bits per heavy atom. The van der Waals surface area contributed by atoms with E-state index in [1.165, 1.54) is 23.5 Å². The van der Waals surface area contributed by atoms with Crippen LogP contribution in [0.5, 0.6) is 0 Å². The van der Waals surface area contributed by atoms with Crippen molar-refractivity contribution in [3.05, 3.63) is 76.5 Å². The topological polar surface area (TPSA) is 56.8 Å². The first-order chi connectivity index (χ1) is 15.6. The van der Waals surface area contributed by atoms with Gasteiger partial charge in [0, 0.05) is 62.5 Å². The van der Waals surface area contributed by atoms with E-state index in [1.54, 1.807) is 17.2 Å². The second kappa shape index (κ2) is 8.80. The Kier molecular flexibility index (Phi) is 5.71. The third-order valence-electron chi connectivity index (χ3n) is 6.13. The third-order valence-corrected chi connectivity index (χ3v) is 6.90. The molecule has 2 aromatic carbocycles. The van der Waals surface area contributed by atoms with Gasteiger partial charge in [-0.25, -0.2) is 9.37 Å². The number of carbonyl (C=O) groups is 2. The van der Waals surface area contributed by atoms with Crippen molar-refractivity contribution in [3.63, 3.8) is 0 Å². The van der Waals surface area contributed by atoms with E-state index in [9.17, 15) is 14.0 Å². The zero-order valence-corrected chi connectivity index (χ0v) is 18.3. The number of hydrogen-bond acceptors (Lipinski definition) is 5. The number of nitrogens with zero attached hydrogens (tertiary/aromatic N) is 4. The average Bonchev–Trinajstić information content (AvgIpc) is 3.33. The van der Waals surface area contributed by atoms with Crippen molar-refractivity contribution in [2.24, 2.45) is 0 Å². The molecule has 3 heterocycles. The van der Waals surface area contributed by atoms with Crippen molar-refractivity contribution < 1.29 is 14.0 Å². The Labute approximate surface area is 189 Å². The molecule has 2 aliphatic heterocycles. The van der Waals surface area contributed by atoms with Gasteiger partial charge < -0.3 is 9.80 Å². The Morgan fingerprint density at radius 2 is 1.66 bits per heavy atom. The maximum Gasteiger partial charge on any atom is 0.282 e. The van der Waals surface area contributed by atoms with Gasteiger partial charge in [0.05, 0.1) is 0 Å². The highest BCUT2D eigenvalue weighted by Crippen LogP contribution is 2.25. The normalized spacial score (nSPS) is 17.3. The molecule has 32 heavy (non-hydrogen) atoms. The number of likely N-dealkylation sites (tertiary alicyclic amines) is 1. The fraction of sp³-hybridized carbons (Fsp3) is 0.292. The van der Waals surface area contributed by atoms with Crippen LogP contribution >= 0.6 is 11.3 Å². The Bertz CT molecular complexity index is 1110. The third kappa shape index (κ3) is 4.16. The molecule has 0 N–H and O–H groups in total. The van der Waals surface area contributed by atoms with Gasteiger partial charge in [0.25, 0.3) is 11.8 Å². The summed E-state index contributed by atoms with van der Waals surface area (Å²) in [5.41, 5.74) is 1.96. The van der Waals surface area contributed by atoms with Gasteiger partial charge in [-0.2, -0.15) is 0 Å². The quantitative estimate of drug-likeness (QED) is 0.613. The van der Waals surface area contributed by atoms with Crippen LogP contribution in [0, 0.1) is 5.82 Å². The highest BCUT2D eigenvalue weighted by atomic mass is 32.1. The van der Waals surface area contributed by atoms with E-state index in [0.29, 0.717) is 42.3 Å². The first-order valence-electron chi connectivity index (χ1n) is 10.7. The molecule has 0 radical (unpaired) electrons. The summed E-state index contributed by atoms with van der Waals surface area (Å²) in [7, 11) is 0. The molecule has 1 aromatic heterocycles. The standard InChI is InChI=1S/C24H23FN4O2S/c25-20-13-18(17-4-2-1-3-5-17)12-19(14-20)23(30)29-15-21(16-29)27-7-9-28(10-8-27)24(31)22-26-6-11-32-22/h1-6,11-14,21H,7-10,15-16H2. The van der Waals surface area contributed by atoms with Crippen molar-refractivity contribution in [2.45, 2.75) is 6.04 Å². The molecule has 5 rings (SSSR count). The van der Waals surface area contributed by atoms with Crippen LogP contribution in [0.4, 0.5) is 4.39 Å². The van der Waals surface area contributed by atoms with E-state index >= 15 is 0 Å². The van der Waals surface area contributed by atoms with Crippen LogP contribution in [-0.4, -0.2) is 76.8 Å². The van der Waals surface area contributed by atoms with Gasteiger partial charge in [0.2, 0.25) is 0 Å². The van der Waals surface area contributed by atoms with Gasteiger partial charge in [-0.3, -0.25) is 14.5 Å². The summed E-state index contributed by atoms with van der Waals surface area (Å²) in [5.74, 6) is -0.561. The van der Waals surface area contributed by atoms with Crippen LogP contribution in [0.25, 0.3) is 11.1 Å². The fourth-order valence-electron chi connectivity index (χ4n) is 4.30. The van der Waals surface area contributed by atoms with Crippen LogP contribution in [-0.2, 0) is 0 Å². The molecule has 0 atom stereocenters.